The number of hydrogen-bond donors (Lipinski definition) is 2. The van der Waals surface area contributed by atoms with E-state index in [-0.39, 0.29) is 0 Å². The molecule has 21 heavy (non-hydrogen) atoms. The van der Waals surface area contributed by atoms with Crippen molar-refractivity contribution in [2.24, 2.45) is 11.7 Å². The Balaban J connectivity index is 1.80. The Bertz CT molecular complexity index is 471. The zero-order chi connectivity index (χ0) is 15.1. The highest BCUT2D eigenvalue weighted by atomic mass is 16.5. The van der Waals surface area contributed by atoms with Crippen molar-refractivity contribution in [2.75, 3.05) is 26.8 Å². The second kappa shape index (κ2) is 7.88. The van der Waals surface area contributed by atoms with Crippen LogP contribution in [0, 0.1) is 5.92 Å². The number of ether oxygens (including phenoxy) is 2. The average Bonchev–Trinajstić information content (AvgIpc) is 2.52. The van der Waals surface area contributed by atoms with Crippen molar-refractivity contribution < 1.29 is 14.3 Å². The lowest BCUT2D eigenvalue weighted by Crippen LogP contribution is -2.29. The Hall–Kier alpha value is -1.75. The van der Waals surface area contributed by atoms with E-state index >= 15 is 0 Å². The van der Waals surface area contributed by atoms with Gasteiger partial charge in [0.15, 0.2) is 11.5 Å². The van der Waals surface area contributed by atoms with Crippen LogP contribution in [0.3, 0.4) is 0 Å². The molecule has 1 aliphatic rings. The molecular weight excluding hydrogens is 268 g/mol. The molecule has 0 aromatic heterocycles. The van der Waals surface area contributed by atoms with Crippen LogP contribution in [-0.4, -0.2) is 32.7 Å². The first kappa shape index (κ1) is 15.6. The van der Waals surface area contributed by atoms with Crippen molar-refractivity contribution >= 4 is 5.91 Å². The van der Waals surface area contributed by atoms with E-state index in [9.17, 15) is 4.79 Å². The highest BCUT2D eigenvalue weighted by molar-refractivity contribution is 5.93. The quantitative estimate of drug-likeness (QED) is 0.753. The van der Waals surface area contributed by atoms with Crippen molar-refractivity contribution in [2.45, 2.75) is 25.7 Å². The molecular formula is C16H24N2O3. The van der Waals surface area contributed by atoms with Gasteiger partial charge in [0.1, 0.15) is 0 Å². The van der Waals surface area contributed by atoms with Gasteiger partial charge in [0.2, 0.25) is 5.91 Å². The smallest absolute Gasteiger partial charge is 0.248 e. The Morgan fingerprint density at radius 3 is 2.95 bits per heavy atom. The molecule has 3 N–H and O–H groups in total. The Morgan fingerprint density at radius 1 is 1.43 bits per heavy atom. The third kappa shape index (κ3) is 4.63. The molecule has 1 atom stereocenters. The summed E-state index contributed by atoms with van der Waals surface area (Å²) in [6.45, 7) is 2.93. The van der Waals surface area contributed by atoms with Crippen molar-refractivity contribution in [1.29, 1.82) is 0 Å². The predicted molar refractivity (Wildman–Crippen MR) is 81.8 cm³/mol. The van der Waals surface area contributed by atoms with Gasteiger partial charge in [-0.1, -0.05) is 0 Å². The standard InChI is InChI=1S/C16H24N2O3/c1-20-15-10-13(16(17)19)6-7-14(15)21-9-3-5-12-4-2-8-18-11-12/h6-7,10,12,18H,2-5,8-9,11H2,1H3,(H2,17,19). The van der Waals surface area contributed by atoms with Gasteiger partial charge >= 0.3 is 0 Å². The molecule has 1 aromatic carbocycles. The summed E-state index contributed by atoms with van der Waals surface area (Å²) in [5.41, 5.74) is 5.67. The van der Waals surface area contributed by atoms with Crippen LogP contribution in [0.2, 0.25) is 0 Å². The summed E-state index contributed by atoms with van der Waals surface area (Å²) in [5.74, 6) is 1.50. The Morgan fingerprint density at radius 2 is 2.29 bits per heavy atom. The lowest BCUT2D eigenvalue weighted by atomic mass is 9.95. The van der Waals surface area contributed by atoms with Gasteiger partial charge in [-0.15, -0.1) is 0 Å². The third-order valence-electron chi connectivity index (χ3n) is 3.86. The number of primary amides is 1. The maximum Gasteiger partial charge on any atom is 0.248 e. The number of rotatable bonds is 7. The molecule has 0 saturated carbocycles. The van der Waals surface area contributed by atoms with Gasteiger partial charge in [0, 0.05) is 5.56 Å². The van der Waals surface area contributed by atoms with E-state index < -0.39 is 5.91 Å². The lowest BCUT2D eigenvalue weighted by molar-refractivity contribution is 0.1000. The van der Waals surface area contributed by atoms with Gasteiger partial charge < -0.3 is 20.5 Å². The molecule has 1 heterocycles. The number of nitrogens with one attached hydrogen (secondary N) is 1. The van der Waals surface area contributed by atoms with Crippen LogP contribution in [0.4, 0.5) is 0 Å². The summed E-state index contributed by atoms with van der Waals surface area (Å²) < 4.78 is 11.0. The third-order valence-corrected chi connectivity index (χ3v) is 3.86. The van der Waals surface area contributed by atoms with Crippen molar-refractivity contribution in [3.8, 4) is 11.5 Å². The monoisotopic (exact) mass is 292 g/mol. The minimum atomic E-state index is -0.468. The Labute approximate surface area is 125 Å². The van der Waals surface area contributed by atoms with E-state index in [0.29, 0.717) is 23.7 Å². The van der Waals surface area contributed by atoms with Crippen LogP contribution in [0.5, 0.6) is 11.5 Å². The molecule has 1 amide bonds. The van der Waals surface area contributed by atoms with Crippen LogP contribution in [0.15, 0.2) is 18.2 Å². The first-order chi connectivity index (χ1) is 10.2. The number of hydrogen-bond acceptors (Lipinski definition) is 4. The number of methoxy groups -OCH3 is 1. The first-order valence-corrected chi connectivity index (χ1v) is 7.52. The number of carbonyl (C=O) groups is 1. The van der Waals surface area contributed by atoms with Gasteiger partial charge in [-0.25, -0.2) is 0 Å². The van der Waals surface area contributed by atoms with E-state index in [1.54, 1.807) is 25.3 Å². The fraction of sp³-hybridized carbons (Fsp3) is 0.562. The van der Waals surface area contributed by atoms with E-state index in [4.69, 9.17) is 15.2 Å². The molecule has 1 saturated heterocycles. The lowest BCUT2D eigenvalue weighted by Gasteiger charge is -2.22. The summed E-state index contributed by atoms with van der Waals surface area (Å²) in [4.78, 5) is 11.1. The van der Waals surface area contributed by atoms with Gasteiger partial charge in [-0.3, -0.25) is 4.79 Å². The highest BCUT2D eigenvalue weighted by Crippen LogP contribution is 2.28. The topological polar surface area (TPSA) is 73.6 Å². The van der Waals surface area contributed by atoms with Gasteiger partial charge in [0.25, 0.3) is 0 Å². The second-order valence-corrected chi connectivity index (χ2v) is 5.43. The van der Waals surface area contributed by atoms with Crippen LogP contribution < -0.4 is 20.5 Å². The maximum absolute atomic E-state index is 11.1. The van der Waals surface area contributed by atoms with Crippen LogP contribution in [0.25, 0.3) is 0 Å². The van der Waals surface area contributed by atoms with Crippen LogP contribution in [0.1, 0.15) is 36.0 Å². The molecule has 0 radical (unpaired) electrons. The molecule has 1 unspecified atom stereocenters. The van der Waals surface area contributed by atoms with Gasteiger partial charge in [-0.2, -0.15) is 0 Å². The van der Waals surface area contributed by atoms with E-state index in [2.05, 4.69) is 5.32 Å². The minimum absolute atomic E-state index is 0.424. The summed E-state index contributed by atoms with van der Waals surface area (Å²) in [5, 5.41) is 3.42. The largest absolute Gasteiger partial charge is 0.493 e. The number of carbonyl (C=O) groups excluding carboxylic acids is 1. The molecule has 1 aliphatic heterocycles. The molecule has 5 nitrogen and oxygen atoms in total. The van der Waals surface area contributed by atoms with E-state index in [0.717, 1.165) is 25.4 Å². The normalized spacial score (nSPS) is 18.2. The van der Waals surface area contributed by atoms with Gasteiger partial charge in [-0.05, 0) is 62.9 Å². The molecule has 2 rings (SSSR count). The van der Waals surface area contributed by atoms with Crippen molar-refractivity contribution in [3.63, 3.8) is 0 Å². The number of nitrogens with two attached hydrogens (primary N) is 1. The van der Waals surface area contributed by atoms with Crippen LogP contribution in [-0.2, 0) is 0 Å². The minimum Gasteiger partial charge on any atom is -0.493 e. The molecule has 5 heteroatoms. The zero-order valence-corrected chi connectivity index (χ0v) is 12.6. The van der Waals surface area contributed by atoms with E-state index in [1.807, 2.05) is 0 Å². The fourth-order valence-electron chi connectivity index (χ4n) is 2.66. The SMILES string of the molecule is COc1cc(C(N)=O)ccc1OCCCC1CCCNC1. The predicted octanol–water partition coefficient (Wildman–Crippen LogP) is 1.95. The summed E-state index contributed by atoms with van der Waals surface area (Å²) in [7, 11) is 1.56. The maximum atomic E-state index is 11.1. The number of benzene rings is 1. The molecule has 0 spiro atoms. The van der Waals surface area contributed by atoms with Crippen molar-refractivity contribution in [1.82, 2.24) is 5.32 Å². The van der Waals surface area contributed by atoms with E-state index in [1.165, 1.54) is 19.3 Å². The number of amides is 1. The first-order valence-electron chi connectivity index (χ1n) is 7.52. The highest BCUT2D eigenvalue weighted by Gasteiger charge is 2.13. The molecule has 1 aromatic rings. The molecule has 116 valence electrons. The van der Waals surface area contributed by atoms with Crippen molar-refractivity contribution in [3.05, 3.63) is 23.8 Å². The van der Waals surface area contributed by atoms with Gasteiger partial charge in [0.05, 0.1) is 13.7 Å². The molecule has 1 fully saturated rings. The summed E-state index contributed by atoms with van der Waals surface area (Å²) >= 11 is 0. The zero-order valence-electron chi connectivity index (χ0n) is 12.6. The average molecular weight is 292 g/mol. The molecule has 0 aliphatic carbocycles. The second-order valence-electron chi connectivity index (χ2n) is 5.43. The number of piperidine rings is 1. The molecule has 0 bridgehead atoms. The fourth-order valence-corrected chi connectivity index (χ4v) is 2.66. The summed E-state index contributed by atoms with van der Waals surface area (Å²) in [6.07, 6.45) is 4.78. The van der Waals surface area contributed by atoms with Crippen LogP contribution >= 0.6 is 0 Å². The summed E-state index contributed by atoms with van der Waals surface area (Å²) in [6, 6.07) is 5.01. The Kier molecular flexibility index (Phi) is 5.87.